The summed E-state index contributed by atoms with van der Waals surface area (Å²) in [4.78, 5) is 24.6. The molecule has 2 aliphatic rings. The Morgan fingerprint density at radius 1 is 1.09 bits per heavy atom. The number of nitrogens with zero attached hydrogens (tertiary/aromatic N) is 5. The second-order valence-electron chi connectivity index (χ2n) is 8.16. The summed E-state index contributed by atoms with van der Waals surface area (Å²) >= 11 is 0. The van der Waals surface area contributed by atoms with Gasteiger partial charge in [-0.1, -0.05) is 0 Å². The minimum atomic E-state index is -4.62. The second-order valence-corrected chi connectivity index (χ2v) is 10.2. The van der Waals surface area contributed by atoms with E-state index in [0.29, 0.717) is 51.0 Å². The van der Waals surface area contributed by atoms with Crippen LogP contribution in [0, 0.1) is 0 Å². The number of morpholine rings is 1. The fourth-order valence-corrected chi connectivity index (χ4v) is 4.83. The van der Waals surface area contributed by atoms with Gasteiger partial charge in [0.2, 0.25) is 6.41 Å². The fraction of sp³-hybridized carbons (Fsp3) is 0.476. The number of sulfone groups is 1. The SMILES string of the molecule is CS(=O)(=O)c1ccc(N2CCOCC2)c(C2CN(C=O)CCN2c2cnc(C(F)(F)F)cn2)c1. The number of carbonyl (C=O) groups excluding carboxylic acids is 1. The zero-order valence-corrected chi connectivity index (χ0v) is 19.2. The molecule has 2 fully saturated rings. The fourth-order valence-electron chi connectivity index (χ4n) is 4.18. The first-order valence-corrected chi connectivity index (χ1v) is 12.5. The number of hydrogen-bond acceptors (Lipinski definition) is 8. The smallest absolute Gasteiger partial charge is 0.378 e. The van der Waals surface area contributed by atoms with Gasteiger partial charge in [-0.3, -0.25) is 4.79 Å². The summed E-state index contributed by atoms with van der Waals surface area (Å²) in [7, 11) is -3.53. The summed E-state index contributed by atoms with van der Waals surface area (Å²) in [6, 6.07) is 4.29. The molecule has 1 amide bonds. The van der Waals surface area contributed by atoms with Gasteiger partial charge in [-0.25, -0.2) is 18.4 Å². The van der Waals surface area contributed by atoms with Crippen LogP contribution in [0.2, 0.25) is 0 Å². The first-order valence-electron chi connectivity index (χ1n) is 10.6. The molecule has 13 heteroatoms. The number of benzene rings is 1. The van der Waals surface area contributed by atoms with Crippen LogP contribution in [0.1, 0.15) is 17.3 Å². The zero-order valence-electron chi connectivity index (χ0n) is 18.4. The van der Waals surface area contributed by atoms with Gasteiger partial charge in [-0.05, 0) is 18.2 Å². The lowest BCUT2D eigenvalue weighted by Gasteiger charge is -2.43. The molecule has 1 aromatic heterocycles. The first-order chi connectivity index (χ1) is 16.1. The van der Waals surface area contributed by atoms with Crippen molar-refractivity contribution in [1.29, 1.82) is 0 Å². The van der Waals surface area contributed by atoms with Crippen LogP contribution < -0.4 is 9.80 Å². The van der Waals surface area contributed by atoms with E-state index in [4.69, 9.17) is 4.74 Å². The van der Waals surface area contributed by atoms with Crippen molar-refractivity contribution in [2.75, 3.05) is 62.0 Å². The van der Waals surface area contributed by atoms with Gasteiger partial charge in [0, 0.05) is 50.2 Å². The summed E-state index contributed by atoms with van der Waals surface area (Å²) in [6.07, 6.45) is -1.07. The maximum atomic E-state index is 13.0. The van der Waals surface area contributed by atoms with Crippen LogP contribution in [0.3, 0.4) is 0 Å². The summed E-state index contributed by atoms with van der Waals surface area (Å²) in [5, 5.41) is 0. The highest BCUT2D eigenvalue weighted by Crippen LogP contribution is 2.37. The molecular formula is C21H24F3N5O4S. The lowest BCUT2D eigenvalue weighted by Crippen LogP contribution is -2.49. The molecule has 2 aliphatic heterocycles. The van der Waals surface area contributed by atoms with E-state index in [2.05, 4.69) is 14.9 Å². The van der Waals surface area contributed by atoms with Crippen molar-refractivity contribution < 1.29 is 31.1 Å². The molecule has 2 aromatic rings. The zero-order chi connectivity index (χ0) is 24.5. The Labute approximate surface area is 195 Å². The number of carbonyl (C=O) groups is 1. The normalized spacial score (nSPS) is 19.9. The van der Waals surface area contributed by atoms with Gasteiger partial charge < -0.3 is 19.4 Å². The van der Waals surface area contributed by atoms with Crippen LogP contribution in [-0.2, 0) is 25.5 Å². The number of amides is 1. The van der Waals surface area contributed by atoms with E-state index in [1.54, 1.807) is 21.9 Å². The molecule has 2 saturated heterocycles. The number of hydrogen-bond donors (Lipinski definition) is 0. The van der Waals surface area contributed by atoms with Gasteiger partial charge >= 0.3 is 6.18 Å². The Hall–Kier alpha value is -2.93. The third-order valence-corrected chi connectivity index (χ3v) is 7.03. The Bertz CT molecular complexity index is 1140. The van der Waals surface area contributed by atoms with E-state index in [0.717, 1.165) is 18.1 Å². The van der Waals surface area contributed by atoms with Crippen molar-refractivity contribution in [3.8, 4) is 0 Å². The number of piperazine rings is 1. The molecule has 1 unspecified atom stereocenters. The van der Waals surface area contributed by atoms with Crippen LogP contribution in [0.4, 0.5) is 24.7 Å². The minimum absolute atomic E-state index is 0.112. The van der Waals surface area contributed by atoms with Gasteiger partial charge in [0.05, 0.1) is 36.5 Å². The lowest BCUT2D eigenvalue weighted by atomic mass is 9.99. The number of halogens is 3. The molecule has 0 N–H and O–H groups in total. The predicted molar refractivity (Wildman–Crippen MR) is 117 cm³/mol. The van der Waals surface area contributed by atoms with E-state index in [9.17, 15) is 26.4 Å². The van der Waals surface area contributed by atoms with Gasteiger partial charge in [0.1, 0.15) is 5.82 Å². The molecule has 184 valence electrons. The number of alkyl halides is 3. The molecule has 0 saturated carbocycles. The van der Waals surface area contributed by atoms with Crippen molar-refractivity contribution >= 4 is 27.8 Å². The molecular weight excluding hydrogens is 475 g/mol. The first kappa shape index (κ1) is 24.2. The highest BCUT2D eigenvalue weighted by atomic mass is 32.2. The van der Waals surface area contributed by atoms with Crippen molar-refractivity contribution in [3.05, 3.63) is 41.9 Å². The van der Waals surface area contributed by atoms with Crippen molar-refractivity contribution in [3.63, 3.8) is 0 Å². The van der Waals surface area contributed by atoms with Gasteiger partial charge in [-0.2, -0.15) is 13.2 Å². The Morgan fingerprint density at radius 2 is 1.82 bits per heavy atom. The van der Waals surface area contributed by atoms with Crippen LogP contribution in [-0.4, -0.2) is 81.9 Å². The third kappa shape index (κ3) is 5.09. The van der Waals surface area contributed by atoms with Gasteiger partial charge in [0.25, 0.3) is 0 Å². The van der Waals surface area contributed by atoms with Crippen LogP contribution in [0.25, 0.3) is 0 Å². The van der Waals surface area contributed by atoms with Gasteiger partial charge in [-0.15, -0.1) is 0 Å². The second kappa shape index (κ2) is 9.37. The van der Waals surface area contributed by atoms with Crippen molar-refractivity contribution in [2.24, 2.45) is 0 Å². The van der Waals surface area contributed by atoms with Crippen molar-refractivity contribution in [1.82, 2.24) is 14.9 Å². The van der Waals surface area contributed by atoms with Crippen molar-refractivity contribution in [2.45, 2.75) is 17.1 Å². The van der Waals surface area contributed by atoms with E-state index < -0.39 is 27.7 Å². The lowest BCUT2D eigenvalue weighted by molar-refractivity contribution is -0.141. The highest BCUT2D eigenvalue weighted by molar-refractivity contribution is 7.90. The topological polar surface area (TPSA) is 95.9 Å². The molecule has 0 aliphatic carbocycles. The quantitative estimate of drug-likeness (QED) is 0.575. The van der Waals surface area contributed by atoms with Crippen LogP contribution >= 0.6 is 0 Å². The molecule has 0 radical (unpaired) electrons. The molecule has 34 heavy (non-hydrogen) atoms. The maximum absolute atomic E-state index is 13.0. The Kier molecular flexibility index (Phi) is 6.67. The minimum Gasteiger partial charge on any atom is -0.378 e. The molecule has 1 atom stereocenters. The summed E-state index contributed by atoms with van der Waals surface area (Å²) in [5.74, 6) is 0.209. The van der Waals surface area contributed by atoms with E-state index in [1.807, 2.05) is 0 Å². The molecule has 0 bridgehead atoms. The number of aromatic nitrogens is 2. The summed E-state index contributed by atoms with van der Waals surface area (Å²) in [5.41, 5.74) is 0.309. The number of rotatable bonds is 5. The van der Waals surface area contributed by atoms with Crippen LogP contribution in [0.15, 0.2) is 35.5 Å². The monoisotopic (exact) mass is 499 g/mol. The third-order valence-electron chi connectivity index (χ3n) is 5.92. The average molecular weight is 500 g/mol. The van der Waals surface area contributed by atoms with E-state index >= 15 is 0 Å². The Morgan fingerprint density at radius 3 is 2.41 bits per heavy atom. The molecule has 9 nitrogen and oxygen atoms in total. The predicted octanol–water partition coefficient (Wildman–Crippen LogP) is 1.76. The molecule has 0 spiro atoms. The van der Waals surface area contributed by atoms with E-state index in [-0.39, 0.29) is 23.8 Å². The maximum Gasteiger partial charge on any atom is 0.434 e. The molecule has 4 rings (SSSR count). The number of ether oxygens (including phenoxy) is 1. The van der Waals surface area contributed by atoms with Crippen LogP contribution in [0.5, 0.6) is 0 Å². The highest BCUT2D eigenvalue weighted by Gasteiger charge is 2.35. The molecule has 1 aromatic carbocycles. The average Bonchev–Trinajstić information content (AvgIpc) is 2.83. The summed E-state index contributed by atoms with van der Waals surface area (Å²) < 4.78 is 69.0. The standard InChI is InChI=1S/C21H24F3N5O4S/c1-34(31,32)15-2-3-17(28-6-8-33-9-7-28)16(10-15)18-13-27(14-30)4-5-29(18)20-12-25-19(11-26-20)21(22,23)24/h2-3,10-12,14,18H,4-9,13H2,1H3. The summed E-state index contributed by atoms with van der Waals surface area (Å²) in [6.45, 7) is 3.02. The largest absolute Gasteiger partial charge is 0.434 e. The molecule has 3 heterocycles. The van der Waals surface area contributed by atoms with Gasteiger partial charge in [0.15, 0.2) is 15.5 Å². The van der Waals surface area contributed by atoms with E-state index in [1.165, 1.54) is 6.07 Å². The Balaban J connectivity index is 1.80. The number of anilines is 2.